The summed E-state index contributed by atoms with van der Waals surface area (Å²) in [6.45, 7) is 0. The van der Waals surface area contributed by atoms with Gasteiger partial charge in [0.25, 0.3) is 0 Å². The minimum Gasteiger partial charge on any atom is -0.489 e. The van der Waals surface area contributed by atoms with Crippen molar-refractivity contribution >= 4 is 5.78 Å². The molecule has 1 aromatic rings. The van der Waals surface area contributed by atoms with Crippen molar-refractivity contribution in [1.82, 2.24) is 0 Å². The van der Waals surface area contributed by atoms with Gasteiger partial charge in [-0.2, -0.15) is 0 Å². The SMILES string of the molecule is O=C1CC(C2CCCCCC2)Oc2ccc(F)cc21. The molecule has 1 heterocycles. The smallest absolute Gasteiger partial charge is 0.170 e. The van der Waals surface area contributed by atoms with Crippen LogP contribution in [-0.4, -0.2) is 11.9 Å². The molecule has 0 N–H and O–H groups in total. The van der Waals surface area contributed by atoms with Crippen LogP contribution in [0.2, 0.25) is 0 Å². The van der Waals surface area contributed by atoms with E-state index in [-0.39, 0.29) is 17.7 Å². The molecule has 1 aromatic carbocycles. The molecule has 102 valence electrons. The second kappa shape index (κ2) is 5.32. The van der Waals surface area contributed by atoms with Gasteiger partial charge in [-0.15, -0.1) is 0 Å². The quantitative estimate of drug-likeness (QED) is 0.711. The molecule has 2 nitrogen and oxygen atoms in total. The Hall–Kier alpha value is -1.38. The van der Waals surface area contributed by atoms with Gasteiger partial charge in [0.15, 0.2) is 5.78 Å². The van der Waals surface area contributed by atoms with Crippen LogP contribution in [0, 0.1) is 11.7 Å². The summed E-state index contributed by atoms with van der Waals surface area (Å²) in [5, 5.41) is 0. The molecule has 1 aliphatic carbocycles. The normalized spacial score (nSPS) is 24.5. The van der Waals surface area contributed by atoms with Gasteiger partial charge in [-0.3, -0.25) is 4.79 Å². The fourth-order valence-corrected chi connectivity index (χ4v) is 3.27. The average Bonchev–Trinajstić information content (AvgIpc) is 2.68. The summed E-state index contributed by atoms with van der Waals surface area (Å²) >= 11 is 0. The first kappa shape index (κ1) is 12.6. The van der Waals surface area contributed by atoms with Gasteiger partial charge in [0.1, 0.15) is 17.7 Å². The molecular weight excluding hydrogens is 243 g/mol. The zero-order chi connectivity index (χ0) is 13.2. The maximum Gasteiger partial charge on any atom is 0.170 e. The maximum atomic E-state index is 13.2. The van der Waals surface area contributed by atoms with E-state index in [1.54, 1.807) is 6.07 Å². The summed E-state index contributed by atoms with van der Waals surface area (Å²) in [6, 6.07) is 4.24. The van der Waals surface area contributed by atoms with Crippen molar-refractivity contribution in [1.29, 1.82) is 0 Å². The summed E-state index contributed by atoms with van der Waals surface area (Å²) in [7, 11) is 0. The van der Waals surface area contributed by atoms with Crippen LogP contribution < -0.4 is 4.74 Å². The van der Waals surface area contributed by atoms with Gasteiger partial charge >= 0.3 is 0 Å². The Bertz CT molecular complexity index is 476. The molecule has 2 aliphatic rings. The van der Waals surface area contributed by atoms with Crippen LogP contribution in [0.25, 0.3) is 0 Å². The first-order valence-corrected chi connectivity index (χ1v) is 7.23. The molecule has 1 atom stereocenters. The van der Waals surface area contributed by atoms with E-state index in [1.807, 2.05) is 0 Å². The second-order valence-corrected chi connectivity index (χ2v) is 5.68. The summed E-state index contributed by atoms with van der Waals surface area (Å²) in [4.78, 5) is 12.1. The van der Waals surface area contributed by atoms with E-state index in [1.165, 1.54) is 37.8 Å². The number of hydrogen-bond acceptors (Lipinski definition) is 2. The van der Waals surface area contributed by atoms with Crippen LogP contribution in [0.4, 0.5) is 4.39 Å². The summed E-state index contributed by atoms with van der Waals surface area (Å²) in [5.74, 6) is 0.690. The number of carbonyl (C=O) groups excluding carboxylic acids is 1. The highest BCUT2D eigenvalue weighted by Gasteiger charge is 2.32. The Morgan fingerprint density at radius 3 is 2.58 bits per heavy atom. The van der Waals surface area contributed by atoms with Crippen LogP contribution >= 0.6 is 0 Å². The monoisotopic (exact) mass is 262 g/mol. The van der Waals surface area contributed by atoms with Gasteiger partial charge < -0.3 is 4.74 Å². The highest BCUT2D eigenvalue weighted by Crippen LogP contribution is 2.35. The highest BCUT2D eigenvalue weighted by molar-refractivity contribution is 5.99. The summed E-state index contributed by atoms with van der Waals surface area (Å²) < 4.78 is 19.1. The van der Waals surface area contributed by atoms with Gasteiger partial charge in [0.05, 0.1) is 5.56 Å². The van der Waals surface area contributed by atoms with E-state index in [9.17, 15) is 9.18 Å². The lowest BCUT2D eigenvalue weighted by Crippen LogP contribution is -2.33. The molecule has 0 aromatic heterocycles. The zero-order valence-electron chi connectivity index (χ0n) is 11.0. The molecule has 19 heavy (non-hydrogen) atoms. The number of rotatable bonds is 1. The number of benzene rings is 1. The number of ketones is 1. The van der Waals surface area contributed by atoms with Crippen LogP contribution in [0.3, 0.4) is 0 Å². The lowest BCUT2D eigenvalue weighted by atomic mass is 9.87. The molecule has 1 aliphatic heterocycles. The highest BCUT2D eigenvalue weighted by atomic mass is 19.1. The maximum absolute atomic E-state index is 13.2. The molecule has 0 saturated heterocycles. The van der Waals surface area contributed by atoms with Crippen molar-refractivity contribution in [2.75, 3.05) is 0 Å². The minimum atomic E-state index is -0.372. The first-order valence-electron chi connectivity index (χ1n) is 7.23. The lowest BCUT2D eigenvalue weighted by Gasteiger charge is -2.31. The molecule has 0 amide bonds. The predicted molar refractivity (Wildman–Crippen MR) is 71.0 cm³/mol. The van der Waals surface area contributed by atoms with E-state index >= 15 is 0 Å². The fraction of sp³-hybridized carbons (Fsp3) is 0.562. The number of hydrogen-bond donors (Lipinski definition) is 0. The standard InChI is InChI=1S/C16H19FO2/c17-12-7-8-15-13(9-12)14(18)10-16(19-15)11-5-3-1-2-4-6-11/h7-9,11,16H,1-6,10H2. The van der Waals surface area contributed by atoms with Crippen LogP contribution in [0.15, 0.2) is 18.2 Å². The van der Waals surface area contributed by atoms with E-state index < -0.39 is 0 Å². The molecular formula is C16H19FO2. The molecule has 1 fully saturated rings. The molecule has 0 radical (unpaired) electrons. The third kappa shape index (κ3) is 2.65. The Balaban J connectivity index is 1.80. The number of halogens is 1. The van der Waals surface area contributed by atoms with Crippen LogP contribution in [0.1, 0.15) is 55.3 Å². The number of Topliss-reactive ketones (excluding diaryl/α,β-unsaturated/α-hetero) is 1. The lowest BCUT2D eigenvalue weighted by molar-refractivity contribution is 0.0701. The minimum absolute atomic E-state index is 0.0106. The third-order valence-corrected chi connectivity index (χ3v) is 4.33. The van der Waals surface area contributed by atoms with Crippen molar-refractivity contribution in [3.05, 3.63) is 29.6 Å². The molecule has 1 saturated carbocycles. The van der Waals surface area contributed by atoms with Crippen molar-refractivity contribution in [3.63, 3.8) is 0 Å². The van der Waals surface area contributed by atoms with Gasteiger partial charge in [0.2, 0.25) is 0 Å². The molecule has 3 heteroatoms. The molecule has 0 bridgehead atoms. The second-order valence-electron chi connectivity index (χ2n) is 5.68. The molecule has 3 rings (SSSR count). The van der Waals surface area contributed by atoms with Crippen molar-refractivity contribution in [2.45, 2.75) is 51.0 Å². The van der Waals surface area contributed by atoms with Gasteiger partial charge in [-0.05, 0) is 37.0 Å². The van der Waals surface area contributed by atoms with Gasteiger partial charge in [0, 0.05) is 6.42 Å². The molecule has 1 unspecified atom stereocenters. The van der Waals surface area contributed by atoms with E-state index in [4.69, 9.17) is 4.74 Å². The van der Waals surface area contributed by atoms with Crippen LogP contribution in [-0.2, 0) is 0 Å². The van der Waals surface area contributed by atoms with E-state index in [0.29, 0.717) is 23.7 Å². The van der Waals surface area contributed by atoms with E-state index in [0.717, 1.165) is 12.8 Å². The number of fused-ring (bicyclic) bond motifs is 1. The van der Waals surface area contributed by atoms with E-state index in [2.05, 4.69) is 0 Å². The van der Waals surface area contributed by atoms with Crippen molar-refractivity contribution in [2.24, 2.45) is 5.92 Å². The van der Waals surface area contributed by atoms with Crippen molar-refractivity contribution < 1.29 is 13.9 Å². The fourth-order valence-electron chi connectivity index (χ4n) is 3.27. The number of ether oxygens (including phenoxy) is 1. The zero-order valence-corrected chi connectivity index (χ0v) is 11.0. The molecule has 0 spiro atoms. The Kier molecular flexibility index (Phi) is 3.54. The summed E-state index contributed by atoms with van der Waals surface area (Å²) in [6.07, 6.45) is 7.73. The number of carbonyl (C=O) groups is 1. The average molecular weight is 262 g/mol. The van der Waals surface area contributed by atoms with Gasteiger partial charge in [-0.25, -0.2) is 4.39 Å². The summed E-state index contributed by atoms with van der Waals surface area (Å²) in [5.41, 5.74) is 0.407. The van der Waals surface area contributed by atoms with Gasteiger partial charge in [-0.1, -0.05) is 25.7 Å². The predicted octanol–water partition coefficient (Wildman–Crippen LogP) is 4.13. The topological polar surface area (TPSA) is 26.3 Å². The Morgan fingerprint density at radius 2 is 1.84 bits per heavy atom. The Labute approximate surface area is 113 Å². The third-order valence-electron chi connectivity index (χ3n) is 4.33. The van der Waals surface area contributed by atoms with Crippen LogP contribution in [0.5, 0.6) is 5.75 Å². The first-order chi connectivity index (χ1) is 9.24. The largest absolute Gasteiger partial charge is 0.489 e. The van der Waals surface area contributed by atoms with Crippen molar-refractivity contribution in [3.8, 4) is 5.75 Å². The Morgan fingerprint density at radius 1 is 1.11 bits per heavy atom.